The lowest BCUT2D eigenvalue weighted by atomic mass is 10.00. The first-order valence-electron chi connectivity index (χ1n) is 6.78. The van der Waals surface area contributed by atoms with Crippen LogP contribution in [-0.2, 0) is 6.42 Å². The highest BCUT2D eigenvalue weighted by Crippen LogP contribution is 2.21. The fraction of sp³-hybridized carbons (Fsp3) is 0.500. The summed E-state index contributed by atoms with van der Waals surface area (Å²) in [6.45, 7) is 3.04. The number of nitrogens with one attached hydrogen (secondary N) is 1. The van der Waals surface area contributed by atoms with Crippen molar-refractivity contribution in [1.82, 2.24) is 5.32 Å². The smallest absolute Gasteiger partial charge is 0.127 e. The second kappa shape index (κ2) is 8.96. The van der Waals surface area contributed by atoms with Gasteiger partial charge in [0.2, 0.25) is 0 Å². The Morgan fingerprint density at radius 1 is 1.47 bits per heavy atom. The predicted molar refractivity (Wildman–Crippen MR) is 79.9 cm³/mol. The lowest BCUT2D eigenvalue weighted by molar-refractivity contribution is 0.459. The van der Waals surface area contributed by atoms with Crippen LogP contribution in [0, 0.1) is 18.2 Å². The number of hydrogen-bond acceptors (Lipinski definition) is 1. The van der Waals surface area contributed by atoms with E-state index >= 15 is 0 Å². The molecule has 0 aliphatic carbocycles. The summed E-state index contributed by atoms with van der Waals surface area (Å²) < 4.78 is 13.8. The van der Waals surface area contributed by atoms with Gasteiger partial charge < -0.3 is 5.32 Å². The van der Waals surface area contributed by atoms with Crippen molar-refractivity contribution >= 4 is 11.6 Å². The van der Waals surface area contributed by atoms with Gasteiger partial charge in [0.15, 0.2) is 0 Å². The number of hydrogen-bond donors (Lipinski definition) is 1. The zero-order valence-corrected chi connectivity index (χ0v) is 12.1. The van der Waals surface area contributed by atoms with Crippen LogP contribution in [0.2, 0.25) is 5.02 Å². The van der Waals surface area contributed by atoms with Crippen LogP contribution >= 0.6 is 11.6 Å². The molecule has 104 valence electrons. The van der Waals surface area contributed by atoms with E-state index in [0.29, 0.717) is 17.0 Å². The van der Waals surface area contributed by atoms with Gasteiger partial charge >= 0.3 is 0 Å². The second-order valence-electron chi connectivity index (χ2n) is 4.65. The van der Waals surface area contributed by atoms with E-state index in [4.69, 9.17) is 18.0 Å². The number of halogens is 2. The highest BCUT2D eigenvalue weighted by Gasteiger charge is 2.14. The summed E-state index contributed by atoms with van der Waals surface area (Å²) in [6.07, 6.45) is 9.57. The minimum atomic E-state index is -0.229. The summed E-state index contributed by atoms with van der Waals surface area (Å²) in [7, 11) is 0. The Hall–Kier alpha value is -1.04. The first kappa shape index (κ1) is 16.0. The maximum Gasteiger partial charge on any atom is 0.127 e. The molecule has 1 aromatic carbocycles. The molecule has 0 amide bonds. The third-order valence-electron chi connectivity index (χ3n) is 3.07. The Kier molecular flexibility index (Phi) is 7.55. The van der Waals surface area contributed by atoms with Gasteiger partial charge in [-0.2, -0.15) is 0 Å². The van der Waals surface area contributed by atoms with Crippen LogP contribution in [0.4, 0.5) is 4.39 Å². The molecule has 1 nitrogen and oxygen atoms in total. The summed E-state index contributed by atoms with van der Waals surface area (Å²) in [6, 6.07) is 5.05. The van der Waals surface area contributed by atoms with E-state index in [1.165, 1.54) is 6.07 Å². The van der Waals surface area contributed by atoms with Gasteiger partial charge in [0.25, 0.3) is 0 Å². The molecule has 1 N–H and O–H groups in total. The maximum absolute atomic E-state index is 13.8. The molecular formula is C16H21ClFN. The maximum atomic E-state index is 13.8. The SMILES string of the molecule is C#CCCCC(Cc1c(F)cccc1Cl)NCCC. The first-order valence-corrected chi connectivity index (χ1v) is 7.16. The van der Waals surface area contributed by atoms with Crippen molar-refractivity contribution in [3.8, 4) is 12.3 Å². The molecule has 0 saturated carbocycles. The fourth-order valence-electron chi connectivity index (χ4n) is 2.05. The number of unbranched alkanes of at least 4 members (excludes halogenated alkanes) is 1. The van der Waals surface area contributed by atoms with Gasteiger partial charge in [-0.05, 0) is 44.4 Å². The molecule has 0 saturated heterocycles. The van der Waals surface area contributed by atoms with Gasteiger partial charge in [0.1, 0.15) is 5.82 Å². The fourth-order valence-corrected chi connectivity index (χ4v) is 2.29. The zero-order valence-electron chi connectivity index (χ0n) is 11.4. The van der Waals surface area contributed by atoms with Crippen molar-refractivity contribution in [2.24, 2.45) is 0 Å². The molecule has 3 heteroatoms. The average Bonchev–Trinajstić information content (AvgIpc) is 2.39. The van der Waals surface area contributed by atoms with Crippen LogP contribution in [-0.4, -0.2) is 12.6 Å². The van der Waals surface area contributed by atoms with E-state index in [2.05, 4.69) is 18.2 Å². The molecule has 0 spiro atoms. The van der Waals surface area contributed by atoms with E-state index in [9.17, 15) is 4.39 Å². The molecule has 1 aromatic rings. The Labute approximate surface area is 120 Å². The lowest BCUT2D eigenvalue weighted by Gasteiger charge is -2.19. The molecule has 19 heavy (non-hydrogen) atoms. The standard InChI is InChI=1S/C16H21ClFN/c1-3-5-6-8-13(19-11-4-2)12-14-15(17)9-7-10-16(14)18/h1,7,9-10,13,19H,4-6,8,11-12H2,2H3. The Morgan fingerprint density at radius 2 is 2.26 bits per heavy atom. The highest BCUT2D eigenvalue weighted by molar-refractivity contribution is 6.31. The minimum absolute atomic E-state index is 0.225. The predicted octanol–water partition coefficient (Wildman–Crippen LogP) is 4.19. The quantitative estimate of drug-likeness (QED) is 0.556. The van der Waals surface area contributed by atoms with Crippen molar-refractivity contribution in [2.75, 3.05) is 6.54 Å². The molecule has 1 atom stereocenters. The summed E-state index contributed by atoms with van der Waals surface area (Å²) in [5.74, 6) is 2.41. The van der Waals surface area contributed by atoms with Crippen LogP contribution in [0.1, 0.15) is 38.2 Å². The summed E-state index contributed by atoms with van der Waals surface area (Å²) in [5.41, 5.74) is 0.596. The number of terminal acetylenes is 1. The van der Waals surface area contributed by atoms with Crippen LogP contribution in [0.25, 0.3) is 0 Å². The van der Waals surface area contributed by atoms with Gasteiger partial charge in [-0.25, -0.2) is 4.39 Å². The Balaban J connectivity index is 2.67. The summed E-state index contributed by atoms with van der Waals surface area (Å²) >= 11 is 6.07. The van der Waals surface area contributed by atoms with Gasteiger partial charge in [-0.3, -0.25) is 0 Å². The average molecular weight is 282 g/mol. The van der Waals surface area contributed by atoms with Crippen molar-refractivity contribution in [3.63, 3.8) is 0 Å². The largest absolute Gasteiger partial charge is 0.314 e. The van der Waals surface area contributed by atoms with E-state index in [0.717, 1.165) is 32.2 Å². The minimum Gasteiger partial charge on any atom is -0.314 e. The van der Waals surface area contributed by atoms with Crippen molar-refractivity contribution in [2.45, 2.75) is 45.1 Å². The lowest BCUT2D eigenvalue weighted by Crippen LogP contribution is -2.32. The third-order valence-corrected chi connectivity index (χ3v) is 3.42. The second-order valence-corrected chi connectivity index (χ2v) is 5.06. The molecule has 0 fully saturated rings. The topological polar surface area (TPSA) is 12.0 Å². The first-order chi connectivity index (χ1) is 9.19. The molecule has 0 bridgehead atoms. The summed E-state index contributed by atoms with van der Waals surface area (Å²) in [4.78, 5) is 0. The molecule has 0 radical (unpaired) electrons. The van der Waals surface area contributed by atoms with Crippen molar-refractivity contribution in [3.05, 3.63) is 34.6 Å². The van der Waals surface area contributed by atoms with E-state index < -0.39 is 0 Å². The Morgan fingerprint density at radius 3 is 2.89 bits per heavy atom. The molecule has 0 heterocycles. The molecular weight excluding hydrogens is 261 g/mol. The highest BCUT2D eigenvalue weighted by atomic mass is 35.5. The van der Waals surface area contributed by atoms with Crippen molar-refractivity contribution in [1.29, 1.82) is 0 Å². The normalized spacial score (nSPS) is 12.1. The summed E-state index contributed by atoms with van der Waals surface area (Å²) in [5, 5.41) is 3.94. The van der Waals surface area contributed by atoms with Gasteiger partial charge in [0.05, 0.1) is 0 Å². The number of benzene rings is 1. The van der Waals surface area contributed by atoms with Gasteiger partial charge in [-0.15, -0.1) is 12.3 Å². The van der Waals surface area contributed by atoms with Gasteiger partial charge in [0, 0.05) is 23.0 Å². The van der Waals surface area contributed by atoms with Crippen LogP contribution < -0.4 is 5.32 Å². The van der Waals surface area contributed by atoms with Crippen LogP contribution in [0.3, 0.4) is 0 Å². The molecule has 0 aliphatic heterocycles. The van der Waals surface area contributed by atoms with Crippen LogP contribution in [0.5, 0.6) is 0 Å². The van der Waals surface area contributed by atoms with Crippen molar-refractivity contribution < 1.29 is 4.39 Å². The van der Waals surface area contributed by atoms with E-state index in [1.807, 2.05) is 0 Å². The zero-order chi connectivity index (χ0) is 14.1. The van der Waals surface area contributed by atoms with E-state index in [1.54, 1.807) is 12.1 Å². The molecule has 1 rings (SSSR count). The Bertz CT molecular complexity index is 405. The van der Waals surface area contributed by atoms with E-state index in [-0.39, 0.29) is 11.9 Å². The molecule has 0 aliphatic rings. The van der Waals surface area contributed by atoms with Crippen LogP contribution in [0.15, 0.2) is 18.2 Å². The number of rotatable bonds is 8. The third kappa shape index (κ3) is 5.63. The monoisotopic (exact) mass is 281 g/mol. The molecule has 1 unspecified atom stereocenters. The molecule has 0 aromatic heterocycles. The van der Waals surface area contributed by atoms with Gasteiger partial charge in [-0.1, -0.05) is 24.6 Å².